The number of hydrogen-bond acceptors (Lipinski definition) is 9. The summed E-state index contributed by atoms with van der Waals surface area (Å²) in [5.41, 5.74) is 3.66. The van der Waals surface area contributed by atoms with E-state index < -0.39 is 0 Å². The maximum atomic E-state index is 6.14. The van der Waals surface area contributed by atoms with Crippen molar-refractivity contribution in [2.75, 3.05) is 0 Å². The molecule has 9 heterocycles. The van der Waals surface area contributed by atoms with Crippen LogP contribution in [0.5, 0.6) is 0 Å². The molecule has 0 amide bonds. The smallest absolute Gasteiger partial charge is 1.00 e. The third-order valence-electron chi connectivity index (χ3n) is 7.42. The number of aryl methyl sites for hydroxylation is 5. The zero-order chi connectivity index (χ0) is 39.2. The molecular weight excluding hydrogens is 1270 g/mol. The Hall–Kier alpha value is 1.64. The first-order valence-corrected chi connectivity index (χ1v) is 26.7. The van der Waals surface area contributed by atoms with Crippen molar-refractivity contribution in [2.24, 2.45) is 0 Å². The second kappa shape index (κ2) is 26.0. The Morgan fingerprint density at radius 2 is 0.879 bits per heavy atom. The molecule has 0 aliphatic heterocycles. The van der Waals surface area contributed by atoms with E-state index in [2.05, 4.69) is 144 Å². The second-order valence-corrected chi connectivity index (χ2v) is 26.8. The van der Waals surface area contributed by atoms with Crippen molar-refractivity contribution in [3.63, 3.8) is 0 Å². The van der Waals surface area contributed by atoms with Crippen LogP contribution in [0.15, 0.2) is 94.8 Å². The standard InChI is InChI=1S/C18H13ClS4.C13H9BrS3.C5H4ClIS.C5H4ClS.HI.2Mg.2H/c1-10-9-17(19)23-18(10)16-8-7-15(22-16)14-6-5-13(21-14)12-4-3-11(2)20-12;1-8-2-3-9(15-8)10-4-5-11(16-10)12-6-7-13(14)17-12;1-3-2-4(6)8-5(3)7;1-4-2-5(6)7-3-4;;;;;/h3-9H,1-2H3;2-7H,1H3;2H,1H3;2H,1H3;1H;;;;/q;;;-1;;2*+2;2*-1/p-1. The van der Waals surface area contributed by atoms with E-state index in [0.29, 0.717) is 0 Å². The first kappa shape index (κ1) is 54.0. The van der Waals surface area contributed by atoms with Crippen LogP contribution in [0.1, 0.15) is 29.3 Å². The summed E-state index contributed by atoms with van der Waals surface area (Å²) in [6.45, 7) is 10.5. The van der Waals surface area contributed by atoms with Gasteiger partial charge in [-0.1, -0.05) is 34.5 Å². The van der Waals surface area contributed by atoms with E-state index in [-0.39, 0.29) is 72.9 Å². The van der Waals surface area contributed by atoms with Crippen LogP contribution in [0, 0.1) is 42.9 Å². The number of halogens is 6. The molecule has 9 rings (SSSR count). The fourth-order valence-corrected chi connectivity index (χ4v) is 15.9. The fourth-order valence-electron chi connectivity index (χ4n) is 4.85. The molecule has 0 aliphatic carbocycles. The van der Waals surface area contributed by atoms with Crippen molar-refractivity contribution >= 4 is 221 Å². The van der Waals surface area contributed by atoms with Crippen molar-refractivity contribution in [2.45, 2.75) is 34.6 Å². The quantitative estimate of drug-likeness (QED) is 0.0915. The van der Waals surface area contributed by atoms with Crippen LogP contribution in [0.3, 0.4) is 0 Å². The zero-order valence-corrected chi connectivity index (χ0v) is 49.9. The van der Waals surface area contributed by atoms with Gasteiger partial charge >= 0.3 is 46.1 Å². The minimum atomic E-state index is 0. The Kier molecular flexibility index (Phi) is 24.2. The average molecular weight is 1300 g/mol. The van der Waals surface area contributed by atoms with Gasteiger partial charge in [-0.3, -0.25) is 11.3 Å². The van der Waals surface area contributed by atoms with E-state index in [0.717, 1.165) is 18.6 Å². The Labute approximate surface area is 466 Å². The van der Waals surface area contributed by atoms with Crippen molar-refractivity contribution in [1.82, 2.24) is 0 Å². The van der Waals surface area contributed by atoms with Gasteiger partial charge in [-0.05, 0) is 162 Å². The van der Waals surface area contributed by atoms with Gasteiger partial charge in [0.25, 0.3) is 0 Å². The van der Waals surface area contributed by atoms with E-state index >= 15 is 0 Å². The monoisotopic (exact) mass is 1300 g/mol. The number of rotatable bonds is 5. The van der Waals surface area contributed by atoms with Gasteiger partial charge in [0.2, 0.25) is 0 Å². The number of hydrogen-bond donors (Lipinski definition) is 0. The van der Waals surface area contributed by atoms with Gasteiger partial charge in [-0.25, -0.2) is 0 Å². The third-order valence-corrected chi connectivity index (χ3v) is 20.4. The van der Waals surface area contributed by atoms with Gasteiger partial charge in [0, 0.05) is 58.5 Å². The van der Waals surface area contributed by atoms with E-state index in [9.17, 15) is 0 Å². The molecule has 0 aliphatic rings. The van der Waals surface area contributed by atoms with Crippen LogP contribution in [0.4, 0.5) is 0 Å². The summed E-state index contributed by atoms with van der Waals surface area (Å²) in [7, 11) is 0. The van der Waals surface area contributed by atoms with Gasteiger partial charge < -0.3 is 26.8 Å². The van der Waals surface area contributed by atoms with Crippen molar-refractivity contribution < 1.29 is 26.8 Å². The van der Waals surface area contributed by atoms with Crippen molar-refractivity contribution in [1.29, 1.82) is 0 Å². The molecule has 0 radical (unpaired) electrons. The summed E-state index contributed by atoms with van der Waals surface area (Å²) in [5.74, 6) is 0. The van der Waals surface area contributed by atoms with Crippen LogP contribution < -0.4 is 24.0 Å². The van der Waals surface area contributed by atoms with Crippen LogP contribution in [-0.2, 0) is 0 Å². The van der Waals surface area contributed by atoms with Crippen LogP contribution in [0.25, 0.3) is 48.8 Å². The largest absolute Gasteiger partial charge is 2.00 e. The van der Waals surface area contributed by atoms with Gasteiger partial charge in [0.05, 0.1) is 15.3 Å². The Morgan fingerprint density at radius 1 is 0.483 bits per heavy atom. The summed E-state index contributed by atoms with van der Waals surface area (Å²) in [6.07, 6.45) is 0. The fraction of sp³-hybridized carbons (Fsp3) is 0.122. The van der Waals surface area contributed by atoms with Gasteiger partial charge in [-0.15, -0.1) is 96.1 Å². The molecule has 17 heteroatoms. The Bertz CT molecular complexity index is 2540. The molecule has 296 valence electrons. The summed E-state index contributed by atoms with van der Waals surface area (Å²) < 4.78 is 5.03. The van der Waals surface area contributed by atoms with E-state index in [1.54, 1.807) is 34.0 Å². The number of thiophene rings is 9. The molecule has 0 saturated heterocycles. The maximum Gasteiger partial charge on any atom is 2.00 e. The molecule has 0 atom stereocenters. The Morgan fingerprint density at radius 3 is 1.17 bits per heavy atom. The first-order chi connectivity index (χ1) is 26.3. The predicted molar refractivity (Wildman–Crippen MR) is 286 cm³/mol. The zero-order valence-electron chi connectivity index (χ0n) is 33.5. The van der Waals surface area contributed by atoms with Gasteiger partial charge in [0.1, 0.15) is 0 Å². The SMILES string of the molecule is Cc1[c-]sc(Cl)c1.Cc1cc(Cl)sc1I.Cc1ccc(-c2ccc(-c3ccc(-c4sc(Cl)cc4C)s3)s2)s1.Cc1ccc(-c2ccc(-c3ccc(Br)s3)s2)s1.[H-].[H-].[I-].[Mg+2].[Mg+2]. The molecule has 0 unspecified atom stereocenters. The molecule has 0 spiro atoms. The first-order valence-electron chi connectivity index (χ1n) is 16.3. The van der Waals surface area contributed by atoms with Crippen LogP contribution in [-0.4, -0.2) is 46.1 Å². The minimum absolute atomic E-state index is 0. The maximum absolute atomic E-state index is 6.14. The normalized spacial score (nSPS) is 10.2. The predicted octanol–water partition coefficient (Wildman–Crippen LogP) is 16.8. The van der Waals surface area contributed by atoms with E-state index in [4.69, 9.17) is 34.8 Å². The summed E-state index contributed by atoms with van der Waals surface area (Å²) in [6, 6.07) is 32.3. The van der Waals surface area contributed by atoms with E-state index in [1.807, 2.05) is 81.8 Å². The molecule has 9 aromatic heterocycles. The second-order valence-electron chi connectivity index (χ2n) is 11.8. The van der Waals surface area contributed by atoms with E-state index in [1.165, 1.54) is 87.7 Å². The molecule has 9 aromatic rings. The molecule has 0 nitrogen and oxygen atoms in total. The summed E-state index contributed by atoms with van der Waals surface area (Å²) >= 11 is 39.0. The van der Waals surface area contributed by atoms with Gasteiger partial charge in [-0.2, -0.15) is 23.2 Å². The molecular formula is C41H32BrCl3I2Mg2S9. The average Bonchev–Trinajstić information content (AvgIpc) is 3.97. The van der Waals surface area contributed by atoms with Crippen LogP contribution >= 0.6 is 175 Å². The van der Waals surface area contributed by atoms with Crippen molar-refractivity contribution in [3.8, 4) is 48.8 Å². The molecule has 0 fully saturated rings. The Balaban J connectivity index is 0.000000429. The summed E-state index contributed by atoms with van der Waals surface area (Å²) in [5, 5.41) is 2.98. The molecule has 0 bridgehead atoms. The topological polar surface area (TPSA) is 0 Å². The minimum Gasteiger partial charge on any atom is -1.00 e. The van der Waals surface area contributed by atoms with Crippen molar-refractivity contribution in [3.05, 3.63) is 142 Å². The third kappa shape index (κ3) is 15.7. The molecule has 0 N–H and O–H groups in total. The molecule has 0 aromatic carbocycles. The molecule has 0 saturated carbocycles. The molecule has 58 heavy (non-hydrogen) atoms. The van der Waals surface area contributed by atoms with Crippen LogP contribution in [0.2, 0.25) is 13.0 Å². The summed E-state index contributed by atoms with van der Waals surface area (Å²) in [4.78, 5) is 16.1. The van der Waals surface area contributed by atoms with Gasteiger partial charge in [0.15, 0.2) is 0 Å².